The molecule has 2 amide bonds. The maximum absolute atomic E-state index is 10.8. The zero-order valence-electron chi connectivity index (χ0n) is 9.58. The molecule has 10 heteroatoms. The number of nitro groups is 1. The van der Waals surface area contributed by atoms with E-state index in [0.29, 0.717) is 0 Å². The van der Waals surface area contributed by atoms with Crippen LogP contribution in [0.25, 0.3) is 0 Å². The second kappa shape index (κ2) is 6.00. The lowest BCUT2D eigenvalue weighted by molar-refractivity contribution is -0.385. The van der Waals surface area contributed by atoms with Crippen LogP contribution < -0.4 is 15.9 Å². The Morgan fingerprint density at radius 2 is 2.37 bits per heavy atom. The van der Waals surface area contributed by atoms with Crippen LogP contribution in [0.5, 0.6) is 11.5 Å². The van der Waals surface area contributed by atoms with Crippen molar-refractivity contribution in [1.29, 1.82) is 0 Å². The van der Waals surface area contributed by atoms with Crippen LogP contribution in [0.1, 0.15) is 5.56 Å². The number of nitrogens with one attached hydrogen (secondary N) is 1. The van der Waals surface area contributed by atoms with Gasteiger partial charge in [0.05, 0.1) is 29.9 Å². The number of methoxy groups -OCH3 is 1. The van der Waals surface area contributed by atoms with E-state index in [4.69, 9.17) is 10.5 Å². The normalized spacial score (nSPS) is 10.4. The number of aromatic hydroxyl groups is 1. The number of amides is 2. The van der Waals surface area contributed by atoms with Crippen molar-refractivity contribution in [2.24, 2.45) is 10.8 Å². The number of benzene rings is 1. The molecule has 0 unspecified atom stereocenters. The molecule has 0 aromatic heterocycles. The van der Waals surface area contributed by atoms with Crippen LogP contribution >= 0.6 is 15.9 Å². The molecule has 0 heterocycles. The molecule has 0 spiro atoms. The fourth-order valence-corrected chi connectivity index (χ4v) is 1.75. The molecular formula is C9H9BrN4O5. The van der Waals surface area contributed by atoms with E-state index in [1.165, 1.54) is 7.11 Å². The number of phenolic OH excluding ortho intramolecular Hbond substituents is 1. The number of nitro benzene ring substituents is 1. The van der Waals surface area contributed by atoms with Crippen LogP contribution in [0.2, 0.25) is 0 Å². The smallest absolute Gasteiger partial charge is 0.332 e. The van der Waals surface area contributed by atoms with Gasteiger partial charge in [0, 0.05) is 0 Å². The van der Waals surface area contributed by atoms with Gasteiger partial charge in [0.15, 0.2) is 11.5 Å². The van der Waals surface area contributed by atoms with Gasteiger partial charge in [-0.1, -0.05) is 0 Å². The maximum atomic E-state index is 10.8. The summed E-state index contributed by atoms with van der Waals surface area (Å²) in [5.74, 6) is -0.467. The molecule has 1 aromatic rings. The number of halogens is 1. The molecule has 0 aliphatic rings. The summed E-state index contributed by atoms with van der Waals surface area (Å²) in [7, 11) is 1.25. The molecule has 0 radical (unpaired) electrons. The summed E-state index contributed by atoms with van der Waals surface area (Å²) >= 11 is 2.97. The molecule has 0 saturated heterocycles. The Balaban J connectivity index is 3.35. The van der Waals surface area contributed by atoms with Crippen LogP contribution in [0.3, 0.4) is 0 Å². The number of nitrogens with two attached hydrogens (primary N) is 1. The molecule has 1 rings (SSSR count). The minimum Gasteiger partial charge on any atom is -0.504 e. The number of hydrazone groups is 1. The first-order valence-electron chi connectivity index (χ1n) is 4.70. The van der Waals surface area contributed by atoms with Crippen molar-refractivity contribution in [3.63, 3.8) is 0 Å². The van der Waals surface area contributed by atoms with Crippen molar-refractivity contribution >= 4 is 33.9 Å². The molecule has 0 fully saturated rings. The van der Waals surface area contributed by atoms with Crippen LogP contribution in [0.15, 0.2) is 15.6 Å². The fraction of sp³-hybridized carbons (Fsp3) is 0.111. The number of hydrogen-bond acceptors (Lipinski definition) is 6. The standard InChI is InChI=1S/C9H9BrN4O5/c1-19-6-2-5(14(17)18)7(10)4(8(6)15)3-12-13-9(11)16/h2-3,15H,1H3,(H3,11,13,16). The van der Waals surface area contributed by atoms with Crippen LogP contribution in [0, 0.1) is 10.1 Å². The van der Waals surface area contributed by atoms with Crippen molar-refractivity contribution in [2.45, 2.75) is 0 Å². The third-order valence-electron chi connectivity index (χ3n) is 2.00. The predicted octanol–water partition coefficient (Wildman–Crippen LogP) is 1.07. The fourth-order valence-electron chi connectivity index (χ4n) is 1.20. The van der Waals surface area contributed by atoms with E-state index in [9.17, 15) is 20.0 Å². The summed E-state index contributed by atoms with van der Waals surface area (Å²) in [5.41, 5.74) is 6.34. The first-order valence-corrected chi connectivity index (χ1v) is 5.50. The first-order chi connectivity index (χ1) is 8.88. The SMILES string of the molecule is COc1cc([N+](=O)[O-])c(Br)c(C=NNC(N)=O)c1O. The molecule has 0 bridgehead atoms. The van der Waals surface area contributed by atoms with Gasteiger partial charge < -0.3 is 15.6 Å². The molecule has 0 aliphatic heterocycles. The number of urea groups is 1. The van der Waals surface area contributed by atoms with Crippen molar-refractivity contribution in [3.8, 4) is 11.5 Å². The second-order valence-electron chi connectivity index (χ2n) is 3.17. The van der Waals surface area contributed by atoms with Gasteiger partial charge >= 0.3 is 6.03 Å². The number of hydrogen-bond donors (Lipinski definition) is 3. The van der Waals surface area contributed by atoms with Crippen LogP contribution in [-0.2, 0) is 0 Å². The van der Waals surface area contributed by atoms with E-state index in [-0.39, 0.29) is 27.2 Å². The van der Waals surface area contributed by atoms with Crippen molar-refractivity contribution in [2.75, 3.05) is 7.11 Å². The molecule has 0 aliphatic carbocycles. The molecule has 9 nitrogen and oxygen atoms in total. The Morgan fingerprint density at radius 3 is 2.84 bits per heavy atom. The Hall–Kier alpha value is -2.36. The molecule has 0 saturated carbocycles. The summed E-state index contributed by atoms with van der Waals surface area (Å²) in [5, 5.41) is 24.1. The number of ether oxygens (including phenoxy) is 1. The summed E-state index contributed by atoms with van der Waals surface area (Å²) in [6.45, 7) is 0. The Bertz CT molecular complexity index is 560. The van der Waals surface area contributed by atoms with Gasteiger partial charge in [-0.3, -0.25) is 10.1 Å². The van der Waals surface area contributed by atoms with E-state index in [2.05, 4.69) is 21.0 Å². The minimum absolute atomic E-state index is 0.00850. The summed E-state index contributed by atoms with van der Waals surface area (Å²) in [6.07, 6.45) is 1.000. The van der Waals surface area contributed by atoms with E-state index >= 15 is 0 Å². The average molecular weight is 333 g/mol. The number of carbonyl (C=O) groups is 1. The molecule has 102 valence electrons. The zero-order valence-corrected chi connectivity index (χ0v) is 11.2. The van der Waals surface area contributed by atoms with Gasteiger partial charge in [0.2, 0.25) is 0 Å². The number of nitrogens with zero attached hydrogens (tertiary/aromatic N) is 2. The van der Waals surface area contributed by atoms with Gasteiger partial charge in [-0.05, 0) is 15.9 Å². The van der Waals surface area contributed by atoms with E-state index in [1.807, 2.05) is 5.43 Å². The lowest BCUT2D eigenvalue weighted by Gasteiger charge is -2.08. The van der Waals surface area contributed by atoms with E-state index < -0.39 is 11.0 Å². The highest BCUT2D eigenvalue weighted by molar-refractivity contribution is 9.10. The van der Waals surface area contributed by atoms with Gasteiger partial charge in [-0.25, -0.2) is 10.2 Å². The third-order valence-corrected chi connectivity index (χ3v) is 2.84. The topological polar surface area (TPSA) is 140 Å². The Labute approximate surface area is 115 Å². The Morgan fingerprint density at radius 1 is 1.74 bits per heavy atom. The van der Waals surface area contributed by atoms with Crippen LogP contribution in [0.4, 0.5) is 10.5 Å². The van der Waals surface area contributed by atoms with Gasteiger partial charge in [-0.2, -0.15) is 5.10 Å². The van der Waals surface area contributed by atoms with Gasteiger partial charge in [-0.15, -0.1) is 0 Å². The lowest BCUT2D eigenvalue weighted by Crippen LogP contribution is -2.24. The highest BCUT2D eigenvalue weighted by Gasteiger charge is 2.22. The van der Waals surface area contributed by atoms with Gasteiger partial charge in [0.25, 0.3) is 5.69 Å². The maximum Gasteiger partial charge on any atom is 0.332 e. The summed E-state index contributed by atoms with van der Waals surface area (Å²) < 4.78 is 4.80. The van der Waals surface area contributed by atoms with Crippen molar-refractivity contribution in [1.82, 2.24) is 5.43 Å². The molecular weight excluding hydrogens is 324 g/mol. The number of phenols is 1. The van der Waals surface area contributed by atoms with Crippen molar-refractivity contribution in [3.05, 3.63) is 26.2 Å². The average Bonchev–Trinajstić information content (AvgIpc) is 2.32. The summed E-state index contributed by atoms with van der Waals surface area (Å²) in [4.78, 5) is 20.6. The second-order valence-corrected chi connectivity index (χ2v) is 3.96. The molecule has 19 heavy (non-hydrogen) atoms. The summed E-state index contributed by atoms with van der Waals surface area (Å²) in [6, 6.07) is 0.141. The van der Waals surface area contributed by atoms with Crippen LogP contribution in [-0.4, -0.2) is 29.4 Å². The lowest BCUT2D eigenvalue weighted by atomic mass is 10.1. The molecule has 4 N–H and O–H groups in total. The Kier molecular flexibility index (Phi) is 4.64. The van der Waals surface area contributed by atoms with E-state index in [1.54, 1.807) is 0 Å². The highest BCUT2D eigenvalue weighted by Crippen LogP contribution is 2.40. The number of rotatable bonds is 4. The monoisotopic (exact) mass is 332 g/mol. The third kappa shape index (κ3) is 3.31. The van der Waals surface area contributed by atoms with Gasteiger partial charge in [0.1, 0.15) is 4.47 Å². The molecule has 0 atom stereocenters. The first kappa shape index (κ1) is 14.7. The number of primary amides is 1. The minimum atomic E-state index is -0.913. The zero-order chi connectivity index (χ0) is 14.6. The van der Waals surface area contributed by atoms with Crippen molar-refractivity contribution < 1.29 is 19.6 Å². The predicted molar refractivity (Wildman–Crippen MR) is 69.3 cm³/mol. The largest absolute Gasteiger partial charge is 0.504 e. The highest BCUT2D eigenvalue weighted by atomic mass is 79.9. The quantitative estimate of drug-likeness (QED) is 0.429. The van der Waals surface area contributed by atoms with E-state index in [0.717, 1.165) is 12.3 Å². The molecule has 1 aromatic carbocycles. The number of carbonyl (C=O) groups excluding carboxylic acids is 1.